The fourth-order valence-electron chi connectivity index (χ4n) is 3.55. The maximum absolute atomic E-state index is 14.1. The third-order valence-electron chi connectivity index (χ3n) is 4.87. The highest BCUT2D eigenvalue weighted by Gasteiger charge is 2.43. The van der Waals surface area contributed by atoms with Gasteiger partial charge in [0.2, 0.25) is 0 Å². The lowest BCUT2D eigenvalue weighted by Gasteiger charge is -2.41. The molecule has 3 N–H and O–H groups in total. The molecule has 6 nitrogen and oxygen atoms in total. The van der Waals surface area contributed by atoms with E-state index in [1.165, 1.54) is 12.3 Å². The van der Waals surface area contributed by atoms with E-state index in [1.807, 2.05) is 0 Å². The number of halogens is 1. The summed E-state index contributed by atoms with van der Waals surface area (Å²) in [7, 11) is 0. The van der Waals surface area contributed by atoms with Gasteiger partial charge in [0.05, 0.1) is 11.0 Å². The lowest BCUT2D eigenvalue weighted by atomic mass is 9.75. The number of hydrogen-bond acceptors (Lipinski definition) is 4. The summed E-state index contributed by atoms with van der Waals surface area (Å²) in [5.74, 6) is -1.64. The standard InChI is InChI=1S/C19H20FN3O3/c20-15-7-2-1-5-13(15)11-19(18(25)26)8-4-10-23(12-19)17-14(16(21)24)6-3-9-22-17/h1-3,5-7,9H,4,8,10-12H2,(H2,21,24)(H,25,26)/t19-/m1/s1. The van der Waals surface area contributed by atoms with Crippen LogP contribution in [0, 0.1) is 11.2 Å². The van der Waals surface area contributed by atoms with Gasteiger partial charge < -0.3 is 15.7 Å². The molecule has 1 aromatic heterocycles. The summed E-state index contributed by atoms with van der Waals surface area (Å²) in [6.07, 6.45) is 2.63. The summed E-state index contributed by atoms with van der Waals surface area (Å²) in [5, 5.41) is 9.92. The summed E-state index contributed by atoms with van der Waals surface area (Å²) in [6.45, 7) is 0.692. The maximum atomic E-state index is 14.1. The average molecular weight is 357 g/mol. The number of carbonyl (C=O) groups excluding carboxylic acids is 1. The van der Waals surface area contributed by atoms with Crippen LogP contribution in [0.15, 0.2) is 42.6 Å². The normalized spacial score (nSPS) is 20.0. The fraction of sp³-hybridized carbons (Fsp3) is 0.316. The van der Waals surface area contributed by atoms with Gasteiger partial charge in [-0.1, -0.05) is 18.2 Å². The van der Waals surface area contributed by atoms with Crippen molar-refractivity contribution in [2.45, 2.75) is 19.3 Å². The van der Waals surface area contributed by atoms with Crippen molar-refractivity contribution >= 4 is 17.7 Å². The number of anilines is 1. The molecule has 26 heavy (non-hydrogen) atoms. The highest BCUT2D eigenvalue weighted by atomic mass is 19.1. The Morgan fingerprint density at radius 1 is 1.27 bits per heavy atom. The van der Waals surface area contributed by atoms with Crippen LogP contribution in [-0.4, -0.2) is 35.1 Å². The number of nitrogens with two attached hydrogens (primary N) is 1. The van der Waals surface area contributed by atoms with Crippen molar-refractivity contribution in [3.05, 3.63) is 59.5 Å². The first-order valence-corrected chi connectivity index (χ1v) is 8.39. The van der Waals surface area contributed by atoms with Gasteiger partial charge in [-0.3, -0.25) is 9.59 Å². The molecule has 1 aromatic carbocycles. The summed E-state index contributed by atoms with van der Waals surface area (Å²) in [5.41, 5.74) is 4.88. The van der Waals surface area contributed by atoms with Crippen LogP contribution >= 0.6 is 0 Å². The van der Waals surface area contributed by atoms with Gasteiger partial charge in [-0.2, -0.15) is 0 Å². The van der Waals surface area contributed by atoms with Crippen molar-refractivity contribution in [2.24, 2.45) is 11.1 Å². The van der Waals surface area contributed by atoms with E-state index in [4.69, 9.17) is 5.73 Å². The van der Waals surface area contributed by atoms with Crippen molar-refractivity contribution in [3.8, 4) is 0 Å². The third-order valence-corrected chi connectivity index (χ3v) is 4.87. The summed E-state index contributed by atoms with van der Waals surface area (Å²) >= 11 is 0. The molecule has 3 rings (SSSR count). The van der Waals surface area contributed by atoms with Gasteiger partial charge in [0.1, 0.15) is 11.6 Å². The Morgan fingerprint density at radius 3 is 2.73 bits per heavy atom. The average Bonchev–Trinajstić information content (AvgIpc) is 2.64. The number of pyridine rings is 1. The number of carbonyl (C=O) groups is 2. The molecule has 1 fully saturated rings. The smallest absolute Gasteiger partial charge is 0.311 e. The second-order valence-electron chi connectivity index (χ2n) is 6.62. The number of aromatic nitrogens is 1. The van der Waals surface area contributed by atoms with Gasteiger partial charge >= 0.3 is 5.97 Å². The van der Waals surface area contributed by atoms with Crippen LogP contribution in [0.25, 0.3) is 0 Å². The summed E-state index contributed by atoms with van der Waals surface area (Å²) in [4.78, 5) is 29.8. The Balaban J connectivity index is 1.95. The molecular weight excluding hydrogens is 337 g/mol. The Morgan fingerprint density at radius 2 is 2.04 bits per heavy atom. The van der Waals surface area contributed by atoms with Crippen LogP contribution in [-0.2, 0) is 11.2 Å². The van der Waals surface area contributed by atoms with Gasteiger partial charge in [0, 0.05) is 19.3 Å². The minimum Gasteiger partial charge on any atom is -0.481 e. The van der Waals surface area contributed by atoms with Crippen LogP contribution in [0.2, 0.25) is 0 Å². The number of piperidine rings is 1. The largest absolute Gasteiger partial charge is 0.481 e. The molecule has 136 valence electrons. The first-order valence-electron chi connectivity index (χ1n) is 8.39. The topological polar surface area (TPSA) is 96.5 Å². The monoisotopic (exact) mass is 357 g/mol. The van der Waals surface area contributed by atoms with Gasteiger partial charge in [-0.25, -0.2) is 9.37 Å². The quantitative estimate of drug-likeness (QED) is 0.855. The number of carboxylic acid groups (broad SMARTS) is 1. The number of carboxylic acids is 1. The summed E-state index contributed by atoms with van der Waals surface area (Å²) in [6, 6.07) is 9.38. The highest BCUT2D eigenvalue weighted by Crippen LogP contribution is 2.37. The van der Waals surface area contributed by atoms with E-state index in [0.29, 0.717) is 30.8 Å². The van der Waals surface area contributed by atoms with E-state index in [9.17, 15) is 19.1 Å². The number of aliphatic carboxylic acids is 1. The predicted molar refractivity (Wildman–Crippen MR) is 94.4 cm³/mol. The minimum absolute atomic E-state index is 0.0737. The second kappa shape index (κ2) is 7.11. The first kappa shape index (κ1) is 17.8. The van der Waals surface area contributed by atoms with Crippen LogP contribution in [0.1, 0.15) is 28.8 Å². The third kappa shape index (κ3) is 3.37. The van der Waals surface area contributed by atoms with Gasteiger partial charge in [-0.05, 0) is 43.0 Å². The highest BCUT2D eigenvalue weighted by molar-refractivity contribution is 5.97. The van der Waals surface area contributed by atoms with Crippen molar-refractivity contribution in [1.29, 1.82) is 0 Å². The molecule has 2 heterocycles. The second-order valence-corrected chi connectivity index (χ2v) is 6.62. The van der Waals surface area contributed by atoms with E-state index in [-0.39, 0.29) is 18.5 Å². The van der Waals surface area contributed by atoms with Crippen molar-refractivity contribution in [1.82, 2.24) is 4.98 Å². The number of primary amides is 1. The van der Waals surface area contributed by atoms with E-state index in [1.54, 1.807) is 35.2 Å². The van der Waals surface area contributed by atoms with Crippen LogP contribution < -0.4 is 10.6 Å². The zero-order chi connectivity index (χ0) is 18.7. The summed E-state index contributed by atoms with van der Waals surface area (Å²) < 4.78 is 14.1. The number of benzene rings is 1. The van der Waals surface area contributed by atoms with E-state index >= 15 is 0 Å². The van der Waals surface area contributed by atoms with Gasteiger partial charge in [0.15, 0.2) is 0 Å². The molecule has 0 bridgehead atoms. The van der Waals surface area contributed by atoms with Crippen LogP contribution in [0.4, 0.5) is 10.2 Å². The van der Waals surface area contributed by atoms with Crippen molar-refractivity contribution < 1.29 is 19.1 Å². The van der Waals surface area contributed by atoms with E-state index in [2.05, 4.69) is 4.98 Å². The molecule has 1 amide bonds. The lowest BCUT2D eigenvalue weighted by molar-refractivity contribution is -0.149. The van der Waals surface area contributed by atoms with Crippen LogP contribution in [0.3, 0.4) is 0 Å². The SMILES string of the molecule is NC(=O)c1cccnc1N1CCC[C@](Cc2ccccc2F)(C(=O)O)C1. The molecule has 0 unspecified atom stereocenters. The van der Waals surface area contributed by atoms with Crippen LogP contribution in [0.5, 0.6) is 0 Å². The Bertz CT molecular complexity index is 842. The molecule has 1 aliphatic heterocycles. The minimum atomic E-state index is -1.16. The molecule has 0 aliphatic carbocycles. The van der Waals surface area contributed by atoms with Gasteiger partial charge in [-0.15, -0.1) is 0 Å². The molecule has 0 radical (unpaired) electrons. The molecule has 0 spiro atoms. The molecule has 1 saturated heterocycles. The number of amides is 1. The van der Waals surface area contributed by atoms with Gasteiger partial charge in [0.25, 0.3) is 5.91 Å². The number of nitrogens with zero attached hydrogens (tertiary/aromatic N) is 2. The molecule has 2 aromatic rings. The first-order chi connectivity index (χ1) is 12.4. The Kier molecular flexibility index (Phi) is 4.88. The predicted octanol–water partition coefficient (Wildman–Crippen LogP) is 2.23. The lowest BCUT2D eigenvalue weighted by Crippen LogP contribution is -2.50. The number of hydrogen-bond donors (Lipinski definition) is 2. The molecule has 7 heteroatoms. The Labute approximate surface area is 150 Å². The molecule has 1 atom stereocenters. The molecular formula is C19H20FN3O3. The van der Waals surface area contributed by atoms with E-state index in [0.717, 1.165) is 0 Å². The molecule has 0 saturated carbocycles. The molecule has 1 aliphatic rings. The zero-order valence-electron chi connectivity index (χ0n) is 14.2. The Hall–Kier alpha value is -2.96. The maximum Gasteiger partial charge on any atom is 0.311 e. The number of rotatable bonds is 5. The fourth-order valence-corrected chi connectivity index (χ4v) is 3.55. The zero-order valence-corrected chi connectivity index (χ0v) is 14.2. The van der Waals surface area contributed by atoms with Crippen molar-refractivity contribution in [2.75, 3.05) is 18.0 Å². The van der Waals surface area contributed by atoms with E-state index < -0.39 is 23.1 Å². The van der Waals surface area contributed by atoms with Crippen molar-refractivity contribution in [3.63, 3.8) is 0 Å².